The van der Waals surface area contributed by atoms with Crippen LogP contribution in [0.15, 0.2) is 66.7 Å². The molecule has 8 heteroatoms. The lowest BCUT2D eigenvalue weighted by Crippen LogP contribution is -2.27. The van der Waals surface area contributed by atoms with Gasteiger partial charge in [0.25, 0.3) is 0 Å². The monoisotopic (exact) mass is 572 g/mol. The van der Waals surface area contributed by atoms with Crippen molar-refractivity contribution in [1.82, 2.24) is 0 Å². The van der Waals surface area contributed by atoms with Gasteiger partial charge in [-0.2, -0.15) is 0 Å². The molecule has 0 aliphatic rings. The molecule has 4 aromatic rings. The van der Waals surface area contributed by atoms with E-state index in [1.165, 1.54) is 0 Å². The Morgan fingerprint density at radius 3 is 1.69 bits per heavy atom. The van der Waals surface area contributed by atoms with Crippen molar-refractivity contribution in [2.24, 2.45) is 11.5 Å². The highest BCUT2D eigenvalue weighted by molar-refractivity contribution is 5.56. The van der Waals surface area contributed by atoms with E-state index in [-0.39, 0.29) is 24.7 Å². The molecule has 0 saturated heterocycles. The molecule has 4 aromatic carbocycles. The van der Waals surface area contributed by atoms with E-state index < -0.39 is 12.1 Å². The first-order valence-electron chi connectivity index (χ1n) is 14.0. The normalized spacial score (nSPS) is 12.6. The summed E-state index contributed by atoms with van der Waals surface area (Å²) in [5.74, 6) is 2.86. The summed E-state index contributed by atoms with van der Waals surface area (Å²) in [5.41, 5.74) is 18.9. The van der Waals surface area contributed by atoms with Gasteiger partial charge in [-0.15, -0.1) is 0 Å². The van der Waals surface area contributed by atoms with Gasteiger partial charge in [0.1, 0.15) is 34.5 Å². The zero-order valence-corrected chi connectivity index (χ0v) is 24.3. The number of phenols is 2. The molecule has 0 fully saturated rings. The molecule has 0 amide bonds. The van der Waals surface area contributed by atoms with Crippen LogP contribution in [-0.2, 0) is 19.3 Å². The Kier molecular flexibility index (Phi) is 10.1. The van der Waals surface area contributed by atoms with Crippen LogP contribution in [0.1, 0.15) is 38.9 Å². The number of rotatable bonds is 12. The Labute approximate surface area is 246 Å². The quantitative estimate of drug-likeness (QED) is 0.140. The fraction of sp³-hybridized carbons (Fsp3) is 0.294. The molecule has 0 aliphatic heterocycles. The van der Waals surface area contributed by atoms with Crippen LogP contribution < -0.4 is 20.9 Å². The molecule has 4 rings (SSSR count). The molecule has 8 nitrogen and oxygen atoms in total. The maximum absolute atomic E-state index is 9.75. The summed E-state index contributed by atoms with van der Waals surface area (Å²) in [7, 11) is 0. The van der Waals surface area contributed by atoms with Crippen LogP contribution in [0.4, 0.5) is 0 Å². The van der Waals surface area contributed by atoms with E-state index in [1.807, 2.05) is 39.0 Å². The summed E-state index contributed by atoms with van der Waals surface area (Å²) in [6.45, 7) is 5.67. The van der Waals surface area contributed by atoms with E-state index in [0.29, 0.717) is 42.3 Å². The molecule has 0 radical (unpaired) electrons. The molecule has 0 aromatic heterocycles. The van der Waals surface area contributed by atoms with E-state index in [2.05, 4.69) is 0 Å². The van der Waals surface area contributed by atoms with Gasteiger partial charge in [0.05, 0.1) is 13.2 Å². The van der Waals surface area contributed by atoms with Crippen molar-refractivity contribution < 1.29 is 29.9 Å². The highest BCUT2D eigenvalue weighted by Crippen LogP contribution is 2.38. The van der Waals surface area contributed by atoms with Crippen molar-refractivity contribution in [2.45, 2.75) is 52.1 Å². The molecule has 0 saturated carbocycles. The Morgan fingerprint density at radius 2 is 1.14 bits per heavy atom. The van der Waals surface area contributed by atoms with Crippen LogP contribution in [-0.4, -0.2) is 45.7 Å². The third-order valence-electron chi connectivity index (χ3n) is 7.27. The predicted octanol–water partition coefficient (Wildman–Crippen LogP) is 4.92. The largest absolute Gasteiger partial charge is 0.508 e. The highest BCUT2D eigenvalue weighted by Gasteiger charge is 2.21. The summed E-state index contributed by atoms with van der Waals surface area (Å²) in [6, 6.07) is 18.4. The zero-order chi connectivity index (χ0) is 30.4. The first kappa shape index (κ1) is 30.9. The number of aryl methyl sites for hydroxylation is 2. The fourth-order valence-corrected chi connectivity index (χ4v) is 5.16. The molecule has 0 bridgehead atoms. The van der Waals surface area contributed by atoms with Crippen molar-refractivity contribution in [2.75, 3.05) is 13.2 Å². The Hall–Kier alpha value is -4.08. The number of ether oxygens (including phenoxy) is 2. The molecule has 0 heterocycles. The van der Waals surface area contributed by atoms with Gasteiger partial charge < -0.3 is 41.4 Å². The smallest absolute Gasteiger partial charge is 0.133 e. The minimum absolute atomic E-state index is 0.127. The van der Waals surface area contributed by atoms with Crippen LogP contribution in [0.25, 0.3) is 0 Å². The van der Waals surface area contributed by atoms with Crippen molar-refractivity contribution in [3.05, 3.63) is 106 Å². The molecule has 8 N–H and O–H groups in total. The van der Waals surface area contributed by atoms with Gasteiger partial charge in [0.2, 0.25) is 0 Å². The second-order valence-electron chi connectivity index (χ2n) is 10.8. The Balaban J connectivity index is 1.84. The Morgan fingerprint density at radius 1 is 0.643 bits per heavy atom. The standard InChI is InChI=1S/C34H40N2O6/c1-20-12-23(15-26(35)18-37)14-25(34(20)42-31-10-6-29(40)7-11-31)17-32-22(3)33(41-30-8-4-28(39)5-9-30)21(2)13-24(32)16-27(36)19-38/h4-14,26-27,37-40H,15-19,35-36H2,1-3H3. The number of hydrogen-bond donors (Lipinski definition) is 6. The third-order valence-corrected chi connectivity index (χ3v) is 7.27. The number of aromatic hydroxyl groups is 2. The van der Waals surface area contributed by atoms with Gasteiger partial charge in [-0.3, -0.25) is 0 Å². The summed E-state index contributed by atoms with van der Waals surface area (Å²) in [5, 5.41) is 38.8. The number of nitrogens with two attached hydrogens (primary N) is 2. The van der Waals surface area contributed by atoms with E-state index in [9.17, 15) is 20.4 Å². The Bertz CT molecular complexity index is 1500. The molecule has 2 atom stereocenters. The molecular formula is C34H40N2O6. The third kappa shape index (κ3) is 7.60. The lowest BCUT2D eigenvalue weighted by molar-refractivity contribution is 0.265. The van der Waals surface area contributed by atoms with Crippen LogP contribution in [0.5, 0.6) is 34.5 Å². The number of aliphatic hydroxyl groups is 2. The van der Waals surface area contributed by atoms with Gasteiger partial charge in [0, 0.05) is 18.5 Å². The topological polar surface area (TPSA) is 151 Å². The lowest BCUT2D eigenvalue weighted by atomic mass is 9.88. The van der Waals surface area contributed by atoms with Gasteiger partial charge in [-0.1, -0.05) is 18.2 Å². The summed E-state index contributed by atoms with van der Waals surface area (Å²) in [4.78, 5) is 0. The summed E-state index contributed by atoms with van der Waals surface area (Å²) in [6.07, 6.45) is 1.44. The van der Waals surface area contributed by atoms with Crippen LogP contribution in [0, 0.1) is 20.8 Å². The van der Waals surface area contributed by atoms with Gasteiger partial charge in [-0.05, 0) is 121 Å². The molecule has 222 valence electrons. The number of phenolic OH excluding ortho intramolecular Hbond substituents is 2. The molecule has 0 spiro atoms. The summed E-state index contributed by atoms with van der Waals surface area (Å²) >= 11 is 0. The first-order valence-corrected chi connectivity index (χ1v) is 14.0. The van der Waals surface area contributed by atoms with Crippen LogP contribution in [0.3, 0.4) is 0 Å². The number of benzene rings is 4. The number of hydrogen-bond acceptors (Lipinski definition) is 8. The first-order chi connectivity index (χ1) is 20.1. The minimum Gasteiger partial charge on any atom is -0.508 e. The van der Waals surface area contributed by atoms with Crippen LogP contribution >= 0.6 is 0 Å². The van der Waals surface area contributed by atoms with E-state index in [1.54, 1.807) is 48.5 Å². The molecular weight excluding hydrogens is 532 g/mol. The average Bonchev–Trinajstić information content (AvgIpc) is 2.96. The van der Waals surface area contributed by atoms with E-state index in [0.717, 1.165) is 38.9 Å². The fourth-order valence-electron chi connectivity index (χ4n) is 5.16. The van der Waals surface area contributed by atoms with Crippen molar-refractivity contribution in [3.63, 3.8) is 0 Å². The van der Waals surface area contributed by atoms with E-state index >= 15 is 0 Å². The van der Waals surface area contributed by atoms with Gasteiger partial charge in [0.15, 0.2) is 0 Å². The predicted molar refractivity (Wildman–Crippen MR) is 164 cm³/mol. The van der Waals surface area contributed by atoms with Gasteiger partial charge >= 0.3 is 0 Å². The maximum atomic E-state index is 9.75. The second-order valence-corrected chi connectivity index (χ2v) is 10.8. The highest BCUT2D eigenvalue weighted by atomic mass is 16.5. The second kappa shape index (κ2) is 13.7. The van der Waals surface area contributed by atoms with Gasteiger partial charge in [-0.25, -0.2) is 0 Å². The minimum atomic E-state index is -0.435. The summed E-state index contributed by atoms with van der Waals surface area (Å²) < 4.78 is 12.7. The number of aliphatic hydroxyl groups excluding tert-OH is 2. The molecule has 2 unspecified atom stereocenters. The molecule has 42 heavy (non-hydrogen) atoms. The SMILES string of the molecule is Cc1cc(CC(N)CO)cc(Cc2c(CC(N)CO)cc(C)c(Oc3ccc(O)cc3)c2C)c1Oc1ccc(O)cc1. The molecule has 0 aliphatic carbocycles. The van der Waals surface area contributed by atoms with E-state index in [4.69, 9.17) is 20.9 Å². The zero-order valence-electron chi connectivity index (χ0n) is 24.3. The van der Waals surface area contributed by atoms with Crippen molar-refractivity contribution >= 4 is 0 Å². The van der Waals surface area contributed by atoms with Crippen molar-refractivity contribution in [3.8, 4) is 34.5 Å². The lowest BCUT2D eigenvalue weighted by Gasteiger charge is -2.23. The van der Waals surface area contributed by atoms with Crippen molar-refractivity contribution in [1.29, 1.82) is 0 Å². The average molecular weight is 573 g/mol. The maximum Gasteiger partial charge on any atom is 0.133 e. The van der Waals surface area contributed by atoms with Crippen LogP contribution in [0.2, 0.25) is 0 Å².